The van der Waals surface area contributed by atoms with Gasteiger partial charge in [0.15, 0.2) is 0 Å². The van der Waals surface area contributed by atoms with Crippen molar-refractivity contribution < 1.29 is 13.9 Å². The molecule has 0 bridgehead atoms. The van der Waals surface area contributed by atoms with Crippen LogP contribution in [0.4, 0.5) is 0 Å². The average Bonchev–Trinajstić information content (AvgIpc) is 3.36. The molecule has 0 saturated heterocycles. The molecule has 1 N–H and O–H groups in total. The smallest absolute Gasteiger partial charge is 0.251 e. The van der Waals surface area contributed by atoms with Crippen LogP contribution in [0.3, 0.4) is 0 Å². The molecule has 0 atom stereocenters. The van der Waals surface area contributed by atoms with Crippen LogP contribution in [0.5, 0.6) is 5.75 Å². The zero-order valence-electron chi connectivity index (χ0n) is 14.8. The van der Waals surface area contributed by atoms with Crippen molar-refractivity contribution in [2.45, 2.75) is 13.1 Å². The second kappa shape index (κ2) is 7.33. The third-order valence-corrected chi connectivity index (χ3v) is 4.27. The summed E-state index contributed by atoms with van der Waals surface area (Å²) < 4.78 is 12.2. The molecule has 0 aliphatic rings. The van der Waals surface area contributed by atoms with Crippen molar-refractivity contribution in [3.63, 3.8) is 0 Å². The van der Waals surface area contributed by atoms with Crippen LogP contribution in [0, 0.1) is 0 Å². The Morgan fingerprint density at radius 2 is 2.04 bits per heavy atom. The van der Waals surface area contributed by atoms with Gasteiger partial charge in [0.25, 0.3) is 5.91 Å². The number of carbonyl (C=O) groups excluding carboxylic acids is 1. The number of benzene rings is 2. The Kier molecular flexibility index (Phi) is 4.57. The summed E-state index contributed by atoms with van der Waals surface area (Å²) in [6.07, 6.45) is 1.58. The number of rotatable bonds is 6. The first-order chi connectivity index (χ1) is 13.2. The number of nitrogens with zero attached hydrogens (tertiary/aromatic N) is 3. The van der Waals surface area contributed by atoms with Crippen molar-refractivity contribution >= 4 is 16.9 Å². The maximum absolute atomic E-state index is 12.3. The third-order valence-electron chi connectivity index (χ3n) is 4.27. The zero-order chi connectivity index (χ0) is 18.6. The monoisotopic (exact) mass is 362 g/mol. The van der Waals surface area contributed by atoms with Crippen molar-refractivity contribution in [3.05, 3.63) is 77.7 Å². The molecule has 2 aromatic carbocycles. The van der Waals surface area contributed by atoms with E-state index < -0.39 is 0 Å². The van der Waals surface area contributed by atoms with E-state index in [2.05, 4.69) is 15.6 Å². The van der Waals surface area contributed by atoms with Gasteiger partial charge in [-0.3, -0.25) is 4.79 Å². The molecule has 0 fully saturated rings. The number of fused-ring (bicyclic) bond motifs is 1. The molecule has 0 saturated carbocycles. The van der Waals surface area contributed by atoms with E-state index in [1.807, 2.05) is 41.1 Å². The second-order valence-electron chi connectivity index (χ2n) is 6.06. The first-order valence-electron chi connectivity index (χ1n) is 8.50. The molecule has 136 valence electrons. The lowest BCUT2D eigenvalue weighted by Gasteiger charge is -2.05. The number of hydrogen-bond acceptors (Lipinski definition) is 5. The number of furan rings is 1. The fraction of sp³-hybridized carbons (Fsp3) is 0.150. The van der Waals surface area contributed by atoms with E-state index in [0.29, 0.717) is 29.9 Å². The Morgan fingerprint density at radius 1 is 1.19 bits per heavy atom. The summed E-state index contributed by atoms with van der Waals surface area (Å²) in [4.78, 5) is 12.3. The van der Waals surface area contributed by atoms with Crippen LogP contribution in [-0.4, -0.2) is 28.0 Å². The fourth-order valence-electron chi connectivity index (χ4n) is 2.82. The molecule has 0 radical (unpaired) electrons. The molecule has 2 heterocycles. The standard InChI is InChI=1S/C20H18N4O3/c1-26-16-7-4-14(5-8-16)13-24-19-9-6-15(11-18(19)22-23-24)20(25)21-12-17-3-2-10-27-17/h2-11H,12-13H2,1H3,(H,21,25). The van der Waals surface area contributed by atoms with Crippen LogP contribution in [-0.2, 0) is 13.1 Å². The SMILES string of the molecule is COc1ccc(Cn2nnc3cc(C(=O)NCc4ccco4)ccc32)cc1. The van der Waals surface area contributed by atoms with E-state index in [9.17, 15) is 4.79 Å². The van der Waals surface area contributed by atoms with Gasteiger partial charge < -0.3 is 14.5 Å². The van der Waals surface area contributed by atoms with Gasteiger partial charge >= 0.3 is 0 Å². The van der Waals surface area contributed by atoms with Crippen molar-refractivity contribution in [3.8, 4) is 5.75 Å². The summed E-state index contributed by atoms with van der Waals surface area (Å²) >= 11 is 0. The number of hydrogen-bond donors (Lipinski definition) is 1. The first-order valence-corrected chi connectivity index (χ1v) is 8.50. The molecular formula is C20H18N4O3. The lowest BCUT2D eigenvalue weighted by Crippen LogP contribution is -2.22. The molecule has 4 rings (SSSR count). The summed E-state index contributed by atoms with van der Waals surface area (Å²) in [6.45, 7) is 0.929. The summed E-state index contributed by atoms with van der Waals surface area (Å²) in [5, 5.41) is 11.2. The van der Waals surface area contributed by atoms with Gasteiger partial charge in [0.2, 0.25) is 0 Å². The number of methoxy groups -OCH3 is 1. The molecule has 7 heteroatoms. The summed E-state index contributed by atoms with van der Waals surface area (Å²) in [7, 11) is 1.64. The minimum Gasteiger partial charge on any atom is -0.497 e. The minimum absolute atomic E-state index is 0.182. The number of aromatic nitrogens is 3. The van der Waals surface area contributed by atoms with Gasteiger partial charge in [0.1, 0.15) is 17.0 Å². The topological polar surface area (TPSA) is 82.2 Å². The highest BCUT2D eigenvalue weighted by Crippen LogP contribution is 2.17. The Hall–Kier alpha value is -3.61. The van der Waals surface area contributed by atoms with E-state index in [1.54, 1.807) is 31.6 Å². The van der Waals surface area contributed by atoms with Gasteiger partial charge in [-0.15, -0.1) is 5.10 Å². The van der Waals surface area contributed by atoms with E-state index >= 15 is 0 Å². The van der Waals surface area contributed by atoms with Gasteiger partial charge in [-0.1, -0.05) is 17.3 Å². The molecule has 4 aromatic rings. The van der Waals surface area contributed by atoms with Crippen LogP contribution in [0.15, 0.2) is 65.3 Å². The normalized spacial score (nSPS) is 10.9. The summed E-state index contributed by atoms with van der Waals surface area (Å²) in [5.74, 6) is 1.33. The zero-order valence-corrected chi connectivity index (χ0v) is 14.8. The molecular weight excluding hydrogens is 344 g/mol. The summed E-state index contributed by atoms with van der Waals surface area (Å²) in [5.41, 5.74) is 3.16. The van der Waals surface area contributed by atoms with Crippen LogP contribution < -0.4 is 10.1 Å². The molecule has 1 amide bonds. The number of carbonyl (C=O) groups is 1. The highest BCUT2D eigenvalue weighted by molar-refractivity contribution is 5.97. The quantitative estimate of drug-likeness (QED) is 0.570. The Bertz CT molecular complexity index is 1050. The van der Waals surface area contributed by atoms with Gasteiger partial charge in [-0.2, -0.15) is 0 Å². The largest absolute Gasteiger partial charge is 0.497 e. The summed E-state index contributed by atoms with van der Waals surface area (Å²) in [6, 6.07) is 16.8. The maximum Gasteiger partial charge on any atom is 0.251 e. The lowest BCUT2D eigenvalue weighted by atomic mass is 10.1. The van der Waals surface area contributed by atoms with Crippen molar-refractivity contribution in [1.29, 1.82) is 0 Å². The number of nitrogens with one attached hydrogen (secondary N) is 1. The van der Waals surface area contributed by atoms with Gasteiger partial charge in [-0.25, -0.2) is 4.68 Å². The van der Waals surface area contributed by atoms with Gasteiger partial charge in [-0.05, 0) is 48.0 Å². The lowest BCUT2D eigenvalue weighted by molar-refractivity contribution is 0.0948. The maximum atomic E-state index is 12.3. The van der Waals surface area contributed by atoms with Gasteiger partial charge in [0, 0.05) is 5.56 Å². The molecule has 0 aliphatic carbocycles. The third kappa shape index (κ3) is 3.67. The van der Waals surface area contributed by atoms with Gasteiger partial charge in [0.05, 0.1) is 32.0 Å². The Balaban J connectivity index is 1.49. The van der Waals surface area contributed by atoms with E-state index in [1.165, 1.54) is 0 Å². The van der Waals surface area contributed by atoms with E-state index in [0.717, 1.165) is 16.8 Å². The molecule has 27 heavy (non-hydrogen) atoms. The minimum atomic E-state index is -0.182. The Labute approximate surface area is 155 Å². The Morgan fingerprint density at radius 3 is 2.78 bits per heavy atom. The molecule has 0 spiro atoms. The average molecular weight is 362 g/mol. The van der Waals surface area contributed by atoms with Crippen LogP contribution in [0.25, 0.3) is 11.0 Å². The predicted octanol–water partition coefficient (Wildman–Crippen LogP) is 3.01. The van der Waals surface area contributed by atoms with Crippen LogP contribution in [0.2, 0.25) is 0 Å². The first kappa shape index (κ1) is 16.8. The van der Waals surface area contributed by atoms with Crippen LogP contribution >= 0.6 is 0 Å². The van der Waals surface area contributed by atoms with Crippen molar-refractivity contribution in [1.82, 2.24) is 20.3 Å². The van der Waals surface area contributed by atoms with Crippen molar-refractivity contribution in [2.24, 2.45) is 0 Å². The number of amides is 1. The molecule has 0 unspecified atom stereocenters. The van der Waals surface area contributed by atoms with E-state index in [4.69, 9.17) is 9.15 Å². The second-order valence-corrected chi connectivity index (χ2v) is 6.06. The predicted molar refractivity (Wildman–Crippen MR) is 99.5 cm³/mol. The fourth-order valence-corrected chi connectivity index (χ4v) is 2.82. The van der Waals surface area contributed by atoms with E-state index in [-0.39, 0.29) is 5.91 Å². The van der Waals surface area contributed by atoms with Crippen LogP contribution in [0.1, 0.15) is 21.7 Å². The highest BCUT2D eigenvalue weighted by Gasteiger charge is 2.11. The highest BCUT2D eigenvalue weighted by atomic mass is 16.5. The molecule has 0 aliphatic heterocycles. The molecule has 2 aromatic heterocycles. The molecule has 7 nitrogen and oxygen atoms in total. The van der Waals surface area contributed by atoms with Crippen molar-refractivity contribution in [2.75, 3.05) is 7.11 Å². The number of ether oxygens (including phenoxy) is 1.